The van der Waals surface area contributed by atoms with Gasteiger partial charge in [0.15, 0.2) is 0 Å². The fourth-order valence-corrected chi connectivity index (χ4v) is 2.74. The summed E-state index contributed by atoms with van der Waals surface area (Å²) in [5, 5.41) is 2.70. The fourth-order valence-electron chi connectivity index (χ4n) is 2.06. The van der Waals surface area contributed by atoms with E-state index in [1.54, 1.807) is 20.8 Å². The Labute approximate surface area is 115 Å². The SMILES string of the molecule is CC(C)(C)OC(=O)NC1CCCC[C@H]1OS(C)(=O)=O. The average Bonchev–Trinajstić information content (AvgIpc) is 2.15. The lowest BCUT2D eigenvalue weighted by atomic mass is 9.93. The van der Waals surface area contributed by atoms with Crippen LogP contribution in [0.4, 0.5) is 4.79 Å². The van der Waals surface area contributed by atoms with Crippen molar-refractivity contribution in [3.8, 4) is 0 Å². The molecule has 0 aromatic rings. The molecule has 1 unspecified atom stereocenters. The van der Waals surface area contributed by atoms with Crippen LogP contribution >= 0.6 is 0 Å². The van der Waals surface area contributed by atoms with E-state index in [2.05, 4.69) is 5.32 Å². The fraction of sp³-hybridized carbons (Fsp3) is 0.917. The van der Waals surface area contributed by atoms with E-state index >= 15 is 0 Å². The van der Waals surface area contributed by atoms with Gasteiger partial charge in [0.1, 0.15) is 5.60 Å². The van der Waals surface area contributed by atoms with Gasteiger partial charge in [-0.2, -0.15) is 8.42 Å². The summed E-state index contributed by atoms with van der Waals surface area (Å²) in [6, 6.07) is -0.321. The van der Waals surface area contributed by atoms with E-state index in [1.165, 1.54) is 0 Å². The van der Waals surface area contributed by atoms with Crippen LogP contribution in [0.1, 0.15) is 46.5 Å². The molecule has 1 aliphatic rings. The highest BCUT2D eigenvalue weighted by Gasteiger charge is 2.31. The Balaban J connectivity index is 2.60. The van der Waals surface area contributed by atoms with Crippen LogP contribution < -0.4 is 5.32 Å². The highest BCUT2D eigenvalue weighted by Crippen LogP contribution is 2.23. The molecule has 2 atom stereocenters. The van der Waals surface area contributed by atoms with Crippen LogP contribution in [0.2, 0.25) is 0 Å². The van der Waals surface area contributed by atoms with Crippen molar-refractivity contribution >= 4 is 16.2 Å². The van der Waals surface area contributed by atoms with Gasteiger partial charge in [0.2, 0.25) is 0 Å². The molecule has 0 bridgehead atoms. The van der Waals surface area contributed by atoms with Gasteiger partial charge in [0.25, 0.3) is 10.1 Å². The number of carbonyl (C=O) groups excluding carboxylic acids is 1. The Bertz CT molecular complexity index is 412. The number of hydrogen-bond acceptors (Lipinski definition) is 5. The van der Waals surface area contributed by atoms with Gasteiger partial charge in [-0.05, 0) is 33.6 Å². The molecule has 6 nitrogen and oxygen atoms in total. The Morgan fingerprint density at radius 3 is 2.32 bits per heavy atom. The Morgan fingerprint density at radius 2 is 1.79 bits per heavy atom. The predicted octanol–water partition coefficient (Wildman–Crippen LogP) is 1.80. The molecule has 1 saturated carbocycles. The van der Waals surface area contributed by atoms with Crippen molar-refractivity contribution in [2.45, 2.75) is 64.2 Å². The molecule has 1 rings (SSSR count). The van der Waals surface area contributed by atoms with Gasteiger partial charge in [-0.15, -0.1) is 0 Å². The summed E-state index contributed by atoms with van der Waals surface area (Å²) in [4.78, 5) is 11.7. The van der Waals surface area contributed by atoms with E-state index in [1.807, 2.05) is 0 Å². The lowest BCUT2D eigenvalue weighted by molar-refractivity contribution is 0.0408. The highest BCUT2D eigenvalue weighted by atomic mass is 32.2. The van der Waals surface area contributed by atoms with Crippen molar-refractivity contribution in [2.75, 3.05) is 6.26 Å². The maximum absolute atomic E-state index is 11.7. The van der Waals surface area contributed by atoms with Crippen LogP contribution in [-0.4, -0.2) is 38.5 Å². The minimum atomic E-state index is -3.52. The van der Waals surface area contributed by atoms with Gasteiger partial charge in [-0.3, -0.25) is 4.18 Å². The third-order valence-electron chi connectivity index (χ3n) is 2.70. The molecule has 1 fully saturated rings. The van der Waals surface area contributed by atoms with Gasteiger partial charge in [0, 0.05) is 0 Å². The summed E-state index contributed by atoms with van der Waals surface area (Å²) in [5.74, 6) is 0. The number of ether oxygens (including phenoxy) is 1. The first-order valence-electron chi connectivity index (χ1n) is 6.44. The molecule has 0 spiro atoms. The quantitative estimate of drug-likeness (QED) is 0.802. The Morgan fingerprint density at radius 1 is 1.21 bits per heavy atom. The highest BCUT2D eigenvalue weighted by molar-refractivity contribution is 7.86. The van der Waals surface area contributed by atoms with E-state index in [9.17, 15) is 13.2 Å². The van der Waals surface area contributed by atoms with E-state index in [4.69, 9.17) is 8.92 Å². The van der Waals surface area contributed by atoms with Crippen LogP contribution in [-0.2, 0) is 19.0 Å². The van der Waals surface area contributed by atoms with Crippen molar-refractivity contribution in [3.05, 3.63) is 0 Å². The first kappa shape index (κ1) is 16.2. The zero-order valence-corrected chi connectivity index (χ0v) is 12.7. The summed E-state index contributed by atoms with van der Waals surface area (Å²) < 4.78 is 32.6. The molecule has 7 heteroatoms. The molecule has 19 heavy (non-hydrogen) atoms. The Kier molecular flexibility index (Phi) is 5.20. The smallest absolute Gasteiger partial charge is 0.407 e. The largest absolute Gasteiger partial charge is 0.444 e. The summed E-state index contributed by atoms with van der Waals surface area (Å²) in [5.41, 5.74) is -0.577. The molecule has 0 aliphatic heterocycles. The maximum atomic E-state index is 11.7. The first-order valence-corrected chi connectivity index (χ1v) is 8.26. The topological polar surface area (TPSA) is 81.7 Å². The van der Waals surface area contributed by atoms with Crippen LogP contribution in [0.25, 0.3) is 0 Å². The monoisotopic (exact) mass is 293 g/mol. The number of alkyl carbamates (subject to hydrolysis) is 1. The van der Waals surface area contributed by atoms with Crippen LogP contribution in [0.5, 0.6) is 0 Å². The molecule has 0 saturated heterocycles. The molecular formula is C12H23NO5S. The molecule has 112 valence electrons. The maximum Gasteiger partial charge on any atom is 0.407 e. The first-order chi connectivity index (χ1) is 8.57. The predicted molar refractivity (Wildman–Crippen MR) is 71.3 cm³/mol. The number of rotatable bonds is 3. The van der Waals surface area contributed by atoms with E-state index in [-0.39, 0.29) is 6.04 Å². The van der Waals surface area contributed by atoms with Crippen LogP contribution in [0.15, 0.2) is 0 Å². The van der Waals surface area contributed by atoms with Gasteiger partial charge in [0.05, 0.1) is 18.4 Å². The zero-order valence-electron chi connectivity index (χ0n) is 11.9. The normalized spacial score (nSPS) is 24.8. The van der Waals surface area contributed by atoms with Crippen molar-refractivity contribution in [2.24, 2.45) is 0 Å². The van der Waals surface area contributed by atoms with Crippen molar-refractivity contribution in [1.82, 2.24) is 5.32 Å². The van der Waals surface area contributed by atoms with Gasteiger partial charge >= 0.3 is 6.09 Å². The summed E-state index contributed by atoms with van der Waals surface area (Å²) in [6.45, 7) is 5.33. The van der Waals surface area contributed by atoms with E-state index in [0.29, 0.717) is 12.8 Å². The van der Waals surface area contributed by atoms with Crippen LogP contribution in [0, 0.1) is 0 Å². The van der Waals surface area contributed by atoms with Gasteiger partial charge in [-0.25, -0.2) is 4.79 Å². The number of amides is 1. The number of carbonyl (C=O) groups is 1. The van der Waals surface area contributed by atoms with E-state index < -0.39 is 27.9 Å². The second-order valence-electron chi connectivity index (χ2n) is 5.88. The summed E-state index contributed by atoms with van der Waals surface area (Å²) >= 11 is 0. The van der Waals surface area contributed by atoms with Crippen LogP contribution in [0.3, 0.4) is 0 Å². The molecular weight excluding hydrogens is 270 g/mol. The third kappa shape index (κ3) is 6.77. The van der Waals surface area contributed by atoms with Crippen molar-refractivity contribution in [1.29, 1.82) is 0 Å². The molecule has 1 N–H and O–H groups in total. The lowest BCUT2D eigenvalue weighted by Crippen LogP contribution is -2.48. The van der Waals surface area contributed by atoms with Gasteiger partial charge < -0.3 is 10.1 Å². The Hall–Kier alpha value is -0.820. The lowest BCUT2D eigenvalue weighted by Gasteiger charge is -2.31. The molecule has 1 amide bonds. The minimum absolute atomic E-state index is 0.321. The molecule has 0 aromatic carbocycles. The van der Waals surface area contributed by atoms with Crippen molar-refractivity contribution < 1.29 is 22.1 Å². The second-order valence-corrected chi connectivity index (χ2v) is 7.48. The number of nitrogens with one attached hydrogen (secondary N) is 1. The molecule has 0 aromatic heterocycles. The van der Waals surface area contributed by atoms with E-state index in [0.717, 1.165) is 19.1 Å². The van der Waals surface area contributed by atoms with Crippen molar-refractivity contribution in [3.63, 3.8) is 0 Å². The molecule has 0 radical (unpaired) electrons. The number of hydrogen-bond donors (Lipinski definition) is 1. The summed E-state index contributed by atoms with van der Waals surface area (Å²) in [6.07, 6.45) is 3.12. The van der Waals surface area contributed by atoms with Gasteiger partial charge in [-0.1, -0.05) is 12.8 Å². The summed E-state index contributed by atoms with van der Waals surface area (Å²) in [7, 11) is -3.52. The standard InChI is InChI=1S/C12H23NO5S/c1-12(2,3)17-11(14)13-9-7-5-6-8-10(9)18-19(4,15)16/h9-10H,5-8H2,1-4H3,(H,13,14)/t9?,10-/m1/s1. The minimum Gasteiger partial charge on any atom is -0.444 e. The second kappa shape index (κ2) is 6.09. The molecule has 0 heterocycles. The molecule has 1 aliphatic carbocycles. The zero-order chi connectivity index (χ0) is 14.7. The third-order valence-corrected chi connectivity index (χ3v) is 3.30. The average molecular weight is 293 g/mol.